The van der Waals surface area contributed by atoms with E-state index in [-0.39, 0.29) is 6.54 Å². The summed E-state index contributed by atoms with van der Waals surface area (Å²) in [5, 5.41) is 11.1. The van der Waals surface area contributed by atoms with Gasteiger partial charge in [-0.25, -0.2) is 4.79 Å². The van der Waals surface area contributed by atoms with Gasteiger partial charge in [0.05, 0.1) is 6.54 Å². The van der Waals surface area contributed by atoms with Gasteiger partial charge in [0, 0.05) is 12.3 Å². The second-order valence-electron chi connectivity index (χ2n) is 5.31. The topological polar surface area (TPSA) is 98.9 Å². The van der Waals surface area contributed by atoms with E-state index in [4.69, 9.17) is 0 Å². The molecule has 0 bridgehead atoms. The van der Waals surface area contributed by atoms with E-state index in [9.17, 15) is 14.4 Å². The highest BCUT2D eigenvalue weighted by Gasteiger charge is 2.12. The summed E-state index contributed by atoms with van der Waals surface area (Å²) < 4.78 is 2.28. The van der Waals surface area contributed by atoms with E-state index in [0.29, 0.717) is 16.7 Å². The number of carbonyl (C=O) groups excluding carboxylic acids is 1. The van der Waals surface area contributed by atoms with Crippen molar-refractivity contribution < 1.29 is 4.79 Å². The molecule has 2 heterocycles. The van der Waals surface area contributed by atoms with Crippen LogP contribution in [0.2, 0.25) is 0 Å². The molecule has 0 radical (unpaired) electrons. The lowest BCUT2D eigenvalue weighted by Crippen LogP contribution is -2.41. The average Bonchev–Trinajstić information content (AvgIpc) is 3.00. The van der Waals surface area contributed by atoms with Crippen LogP contribution in [-0.2, 0) is 17.9 Å². The molecule has 8 nitrogen and oxygen atoms in total. The summed E-state index contributed by atoms with van der Waals surface area (Å²) in [4.78, 5) is 36.6. The minimum Gasteiger partial charge on any atom is -0.299 e. The Balaban J connectivity index is 1.81. The molecule has 128 valence electrons. The predicted octanol–water partition coefficient (Wildman–Crippen LogP) is 0.857. The second-order valence-corrected chi connectivity index (χ2v) is 6.49. The molecule has 0 saturated heterocycles. The maximum atomic E-state index is 12.5. The van der Waals surface area contributed by atoms with E-state index in [0.717, 1.165) is 10.1 Å². The molecule has 9 heteroatoms. The quantitative estimate of drug-likeness (QED) is 0.730. The van der Waals surface area contributed by atoms with Crippen LogP contribution in [0.15, 0.2) is 52.2 Å². The standard InChI is InChI=1S/C16H15N5O3S/c1-11-18-19-15(25-11)17-13(22)10-21-14(23)7-8-20(16(21)24)9-12-5-3-2-4-6-12/h2-8H,9-10H2,1H3,(H,17,19,22). The maximum Gasteiger partial charge on any atom is 0.331 e. The van der Waals surface area contributed by atoms with Gasteiger partial charge < -0.3 is 0 Å². The van der Waals surface area contributed by atoms with Crippen molar-refractivity contribution in [2.24, 2.45) is 0 Å². The molecule has 1 N–H and O–H groups in total. The Kier molecular flexibility index (Phi) is 4.85. The van der Waals surface area contributed by atoms with Gasteiger partial charge in [0.25, 0.3) is 5.56 Å². The lowest BCUT2D eigenvalue weighted by molar-refractivity contribution is -0.116. The van der Waals surface area contributed by atoms with Crippen LogP contribution in [-0.4, -0.2) is 25.2 Å². The lowest BCUT2D eigenvalue weighted by atomic mass is 10.2. The van der Waals surface area contributed by atoms with Gasteiger partial charge in [-0.15, -0.1) is 10.2 Å². The Morgan fingerprint density at radius 3 is 2.60 bits per heavy atom. The van der Waals surface area contributed by atoms with E-state index in [2.05, 4.69) is 15.5 Å². The molecule has 1 amide bonds. The van der Waals surface area contributed by atoms with Crippen molar-refractivity contribution in [2.75, 3.05) is 5.32 Å². The van der Waals surface area contributed by atoms with Gasteiger partial charge in [0.1, 0.15) is 11.6 Å². The molecule has 25 heavy (non-hydrogen) atoms. The van der Waals surface area contributed by atoms with E-state index in [1.807, 2.05) is 30.3 Å². The fourth-order valence-corrected chi connectivity index (χ4v) is 2.86. The van der Waals surface area contributed by atoms with E-state index >= 15 is 0 Å². The molecule has 2 aromatic heterocycles. The van der Waals surface area contributed by atoms with Crippen molar-refractivity contribution in [1.29, 1.82) is 0 Å². The molecule has 0 saturated carbocycles. The largest absolute Gasteiger partial charge is 0.331 e. The van der Waals surface area contributed by atoms with Crippen molar-refractivity contribution in [1.82, 2.24) is 19.3 Å². The number of hydrogen-bond acceptors (Lipinski definition) is 6. The molecular weight excluding hydrogens is 342 g/mol. The highest BCUT2D eigenvalue weighted by Crippen LogP contribution is 2.13. The zero-order valence-electron chi connectivity index (χ0n) is 13.4. The number of hydrogen-bond donors (Lipinski definition) is 1. The maximum absolute atomic E-state index is 12.5. The first-order valence-electron chi connectivity index (χ1n) is 7.47. The smallest absolute Gasteiger partial charge is 0.299 e. The minimum atomic E-state index is -0.542. The Bertz CT molecular complexity index is 1010. The average molecular weight is 357 g/mol. The number of aryl methyl sites for hydroxylation is 1. The van der Waals surface area contributed by atoms with Gasteiger partial charge in [0.15, 0.2) is 0 Å². The summed E-state index contributed by atoms with van der Waals surface area (Å²) >= 11 is 1.22. The third-order valence-electron chi connectivity index (χ3n) is 3.41. The summed E-state index contributed by atoms with van der Waals surface area (Å²) in [6, 6.07) is 10.7. The summed E-state index contributed by atoms with van der Waals surface area (Å²) in [7, 11) is 0. The van der Waals surface area contributed by atoms with Crippen LogP contribution >= 0.6 is 11.3 Å². The molecule has 0 aliphatic rings. The van der Waals surface area contributed by atoms with Gasteiger partial charge in [-0.1, -0.05) is 41.7 Å². The van der Waals surface area contributed by atoms with Crippen molar-refractivity contribution in [3.8, 4) is 0 Å². The molecule has 0 aliphatic heterocycles. The van der Waals surface area contributed by atoms with Crippen molar-refractivity contribution in [3.63, 3.8) is 0 Å². The summed E-state index contributed by atoms with van der Waals surface area (Å²) in [6.07, 6.45) is 1.43. The fraction of sp³-hybridized carbons (Fsp3) is 0.188. The van der Waals surface area contributed by atoms with E-state index in [1.165, 1.54) is 28.2 Å². The molecule has 0 atom stereocenters. The number of anilines is 1. The lowest BCUT2D eigenvalue weighted by Gasteiger charge is -2.09. The molecule has 3 rings (SSSR count). The van der Waals surface area contributed by atoms with Crippen LogP contribution in [0.5, 0.6) is 0 Å². The number of aromatic nitrogens is 4. The van der Waals surface area contributed by atoms with Crippen LogP contribution in [0.3, 0.4) is 0 Å². The molecular formula is C16H15N5O3S. The minimum absolute atomic E-state index is 0.317. The Morgan fingerprint density at radius 2 is 1.92 bits per heavy atom. The van der Waals surface area contributed by atoms with Gasteiger partial charge in [-0.05, 0) is 12.5 Å². The molecule has 0 unspecified atom stereocenters. The number of carbonyl (C=O) groups is 1. The molecule has 1 aromatic carbocycles. The first-order chi connectivity index (χ1) is 12.0. The zero-order chi connectivity index (χ0) is 17.8. The van der Waals surface area contributed by atoms with Crippen molar-refractivity contribution in [3.05, 3.63) is 74.0 Å². The number of nitrogens with one attached hydrogen (secondary N) is 1. The van der Waals surface area contributed by atoms with Crippen LogP contribution in [0, 0.1) is 6.92 Å². The highest BCUT2D eigenvalue weighted by molar-refractivity contribution is 7.15. The van der Waals surface area contributed by atoms with Crippen LogP contribution < -0.4 is 16.6 Å². The SMILES string of the molecule is Cc1nnc(NC(=O)Cn2c(=O)ccn(Cc3ccccc3)c2=O)s1. The molecule has 0 spiro atoms. The Labute approximate surface area is 146 Å². The number of benzene rings is 1. The summed E-state index contributed by atoms with van der Waals surface area (Å²) in [5.41, 5.74) is -0.151. The normalized spacial score (nSPS) is 10.6. The Morgan fingerprint density at radius 1 is 1.16 bits per heavy atom. The molecule has 0 fully saturated rings. The zero-order valence-corrected chi connectivity index (χ0v) is 14.2. The fourth-order valence-electron chi connectivity index (χ4n) is 2.25. The third-order valence-corrected chi connectivity index (χ3v) is 4.16. The first kappa shape index (κ1) is 16.8. The Hall–Kier alpha value is -3.07. The monoisotopic (exact) mass is 357 g/mol. The van der Waals surface area contributed by atoms with Gasteiger partial charge in [0.2, 0.25) is 11.0 Å². The summed E-state index contributed by atoms with van der Waals surface area (Å²) in [5.74, 6) is -0.507. The number of rotatable bonds is 5. The number of nitrogens with zero attached hydrogens (tertiary/aromatic N) is 4. The van der Waals surface area contributed by atoms with Gasteiger partial charge in [-0.2, -0.15) is 0 Å². The van der Waals surface area contributed by atoms with Crippen LogP contribution in [0.1, 0.15) is 10.6 Å². The van der Waals surface area contributed by atoms with Crippen molar-refractivity contribution in [2.45, 2.75) is 20.0 Å². The first-order valence-corrected chi connectivity index (χ1v) is 8.29. The van der Waals surface area contributed by atoms with Crippen molar-refractivity contribution >= 4 is 22.4 Å². The van der Waals surface area contributed by atoms with Crippen LogP contribution in [0.4, 0.5) is 5.13 Å². The summed E-state index contributed by atoms with van der Waals surface area (Å²) in [6.45, 7) is 1.69. The van der Waals surface area contributed by atoms with E-state index < -0.39 is 17.2 Å². The van der Waals surface area contributed by atoms with Gasteiger partial charge >= 0.3 is 5.69 Å². The third kappa shape index (κ3) is 4.07. The van der Waals surface area contributed by atoms with Gasteiger partial charge in [-0.3, -0.25) is 24.0 Å². The van der Waals surface area contributed by atoms with Crippen LogP contribution in [0.25, 0.3) is 0 Å². The number of amides is 1. The van der Waals surface area contributed by atoms with E-state index in [1.54, 1.807) is 6.92 Å². The molecule has 0 aliphatic carbocycles. The molecule has 3 aromatic rings. The predicted molar refractivity (Wildman–Crippen MR) is 93.8 cm³/mol. The second kappa shape index (κ2) is 7.22. The highest BCUT2D eigenvalue weighted by atomic mass is 32.1.